The van der Waals surface area contributed by atoms with Gasteiger partial charge in [-0.2, -0.15) is 0 Å². The van der Waals surface area contributed by atoms with E-state index in [-0.39, 0.29) is 0 Å². The fourth-order valence-electron chi connectivity index (χ4n) is 2.23. The highest BCUT2D eigenvalue weighted by molar-refractivity contribution is 5.56. The summed E-state index contributed by atoms with van der Waals surface area (Å²) in [4.78, 5) is 0. The van der Waals surface area contributed by atoms with Crippen LogP contribution in [-0.2, 0) is 0 Å². The Balaban J connectivity index is 2.02. The van der Waals surface area contributed by atoms with Crippen molar-refractivity contribution in [3.05, 3.63) is 24.3 Å². The number of ether oxygens (including phenoxy) is 1. The van der Waals surface area contributed by atoms with Crippen molar-refractivity contribution in [2.24, 2.45) is 0 Å². The van der Waals surface area contributed by atoms with Crippen LogP contribution in [0.1, 0.15) is 32.1 Å². The van der Waals surface area contributed by atoms with E-state index in [2.05, 4.69) is 11.4 Å². The second-order valence-electron chi connectivity index (χ2n) is 4.18. The summed E-state index contributed by atoms with van der Waals surface area (Å²) in [5.41, 5.74) is 1.13. The Morgan fingerprint density at radius 2 is 1.87 bits per heavy atom. The van der Waals surface area contributed by atoms with E-state index >= 15 is 0 Å². The first-order valence-electron chi connectivity index (χ1n) is 5.79. The molecule has 82 valence electrons. The van der Waals surface area contributed by atoms with E-state index in [0.29, 0.717) is 6.04 Å². The van der Waals surface area contributed by atoms with Crippen molar-refractivity contribution in [1.82, 2.24) is 0 Å². The summed E-state index contributed by atoms with van der Waals surface area (Å²) in [6.07, 6.45) is 6.68. The van der Waals surface area contributed by atoms with Crippen LogP contribution in [0.15, 0.2) is 24.3 Å². The molecule has 2 heteroatoms. The van der Waals surface area contributed by atoms with Gasteiger partial charge in [-0.15, -0.1) is 0 Å². The minimum Gasteiger partial charge on any atom is -0.495 e. The van der Waals surface area contributed by atoms with Gasteiger partial charge in [0.05, 0.1) is 12.8 Å². The number of para-hydroxylation sites is 2. The Labute approximate surface area is 91.6 Å². The second-order valence-corrected chi connectivity index (χ2v) is 4.18. The molecule has 1 aliphatic rings. The topological polar surface area (TPSA) is 21.3 Å². The number of nitrogens with one attached hydrogen (secondary N) is 1. The Bertz CT molecular complexity index is 305. The number of anilines is 1. The lowest BCUT2D eigenvalue weighted by atomic mass is 9.95. The van der Waals surface area contributed by atoms with Crippen LogP contribution in [0, 0.1) is 0 Å². The van der Waals surface area contributed by atoms with Crippen LogP contribution in [0.2, 0.25) is 0 Å². The van der Waals surface area contributed by atoms with Gasteiger partial charge in [-0.05, 0) is 25.0 Å². The van der Waals surface area contributed by atoms with Gasteiger partial charge < -0.3 is 10.1 Å². The molecule has 0 bridgehead atoms. The monoisotopic (exact) mass is 205 g/mol. The molecule has 1 N–H and O–H groups in total. The predicted octanol–water partition coefficient (Wildman–Crippen LogP) is 3.44. The smallest absolute Gasteiger partial charge is 0.141 e. The Kier molecular flexibility index (Phi) is 3.49. The minimum atomic E-state index is 0.634. The molecule has 1 aliphatic carbocycles. The first-order valence-corrected chi connectivity index (χ1v) is 5.79. The van der Waals surface area contributed by atoms with Crippen LogP contribution in [0.4, 0.5) is 5.69 Å². The fraction of sp³-hybridized carbons (Fsp3) is 0.538. The van der Waals surface area contributed by atoms with Gasteiger partial charge in [-0.3, -0.25) is 0 Å². The van der Waals surface area contributed by atoms with Crippen LogP contribution >= 0.6 is 0 Å². The van der Waals surface area contributed by atoms with Crippen molar-refractivity contribution >= 4 is 5.69 Å². The quantitative estimate of drug-likeness (QED) is 0.816. The maximum absolute atomic E-state index is 5.32. The molecule has 0 atom stereocenters. The zero-order valence-electron chi connectivity index (χ0n) is 9.33. The first kappa shape index (κ1) is 10.3. The SMILES string of the molecule is COc1ccccc1NC1CCCCC1. The molecule has 0 unspecified atom stereocenters. The van der Waals surface area contributed by atoms with Gasteiger partial charge >= 0.3 is 0 Å². The molecule has 0 aromatic heterocycles. The summed E-state index contributed by atoms with van der Waals surface area (Å²) in [6, 6.07) is 8.78. The molecule has 0 saturated heterocycles. The second kappa shape index (κ2) is 5.06. The molecule has 1 saturated carbocycles. The molecular formula is C13H19NO. The third-order valence-electron chi connectivity index (χ3n) is 3.07. The van der Waals surface area contributed by atoms with Gasteiger partial charge in [0, 0.05) is 6.04 Å². The summed E-state index contributed by atoms with van der Waals surface area (Å²) in [6.45, 7) is 0. The van der Waals surface area contributed by atoms with Gasteiger partial charge in [0.2, 0.25) is 0 Å². The highest BCUT2D eigenvalue weighted by Crippen LogP contribution is 2.27. The highest BCUT2D eigenvalue weighted by atomic mass is 16.5. The van der Waals surface area contributed by atoms with Crippen LogP contribution in [0.5, 0.6) is 5.75 Å². The number of benzene rings is 1. The lowest BCUT2D eigenvalue weighted by Crippen LogP contribution is -2.22. The van der Waals surface area contributed by atoms with Crippen molar-refractivity contribution in [1.29, 1.82) is 0 Å². The average molecular weight is 205 g/mol. The highest BCUT2D eigenvalue weighted by Gasteiger charge is 2.14. The Hall–Kier alpha value is -1.18. The summed E-state index contributed by atoms with van der Waals surface area (Å²) >= 11 is 0. The van der Waals surface area contributed by atoms with E-state index in [1.807, 2.05) is 18.2 Å². The molecule has 0 radical (unpaired) electrons. The lowest BCUT2D eigenvalue weighted by molar-refractivity contribution is 0.413. The van der Waals surface area contributed by atoms with Crippen molar-refractivity contribution in [2.75, 3.05) is 12.4 Å². The van der Waals surface area contributed by atoms with E-state index in [1.165, 1.54) is 32.1 Å². The van der Waals surface area contributed by atoms with Crippen molar-refractivity contribution in [3.8, 4) is 5.75 Å². The van der Waals surface area contributed by atoms with Crippen molar-refractivity contribution in [3.63, 3.8) is 0 Å². The third-order valence-corrected chi connectivity index (χ3v) is 3.07. The molecule has 2 rings (SSSR count). The maximum Gasteiger partial charge on any atom is 0.141 e. The molecular weight excluding hydrogens is 186 g/mol. The number of hydrogen-bond acceptors (Lipinski definition) is 2. The lowest BCUT2D eigenvalue weighted by Gasteiger charge is -2.24. The molecule has 1 aromatic rings. The van der Waals surface area contributed by atoms with Crippen LogP contribution < -0.4 is 10.1 Å². The normalized spacial score (nSPS) is 17.4. The molecule has 1 fully saturated rings. The van der Waals surface area contributed by atoms with Crippen molar-refractivity contribution in [2.45, 2.75) is 38.1 Å². The number of hydrogen-bond donors (Lipinski definition) is 1. The van der Waals surface area contributed by atoms with Gasteiger partial charge in [-0.1, -0.05) is 31.4 Å². The van der Waals surface area contributed by atoms with Crippen LogP contribution in [0.3, 0.4) is 0 Å². The van der Waals surface area contributed by atoms with E-state index in [4.69, 9.17) is 4.74 Å². The summed E-state index contributed by atoms with van der Waals surface area (Å²) in [7, 11) is 1.72. The van der Waals surface area contributed by atoms with Crippen molar-refractivity contribution < 1.29 is 4.74 Å². The number of rotatable bonds is 3. The van der Waals surface area contributed by atoms with Gasteiger partial charge in [0.1, 0.15) is 5.75 Å². The Morgan fingerprint density at radius 1 is 1.13 bits per heavy atom. The zero-order chi connectivity index (χ0) is 10.5. The molecule has 0 amide bonds. The predicted molar refractivity (Wildman–Crippen MR) is 63.5 cm³/mol. The maximum atomic E-state index is 5.32. The standard InChI is InChI=1S/C13H19NO/c1-15-13-10-6-5-9-12(13)14-11-7-3-2-4-8-11/h5-6,9-11,14H,2-4,7-8H2,1H3. The van der Waals surface area contributed by atoms with Crippen LogP contribution in [-0.4, -0.2) is 13.2 Å². The summed E-state index contributed by atoms with van der Waals surface area (Å²) in [5.74, 6) is 0.947. The van der Waals surface area contributed by atoms with E-state index in [9.17, 15) is 0 Å². The van der Waals surface area contributed by atoms with E-state index < -0.39 is 0 Å². The number of methoxy groups -OCH3 is 1. The minimum absolute atomic E-state index is 0.634. The van der Waals surface area contributed by atoms with E-state index in [0.717, 1.165) is 11.4 Å². The summed E-state index contributed by atoms with van der Waals surface area (Å²) < 4.78 is 5.32. The third kappa shape index (κ3) is 2.65. The largest absolute Gasteiger partial charge is 0.495 e. The zero-order valence-corrected chi connectivity index (χ0v) is 9.33. The van der Waals surface area contributed by atoms with E-state index in [1.54, 1.807) is 7.11 Å². The van der Waals surface area contributed by atoms with Crippen LogP contribution in [0.25, 0.3) is 0 Å². The van der Waals surface area contributed by atoms with Gasteiger partial charge in [-0.25, -0.2) is 0 Å². The summed E-state index contributed by atoms with van der Waals surface area (Å²) in [5, 5.41) is 3.58. The van der Waals surface area contributed by atoms with Gasteiger partial charge in [0.25, 0.3) is 0 Å². The molecule has 1 aromatic carbocycles. The molecule has 0 heterocycles. The van der Waals surface area contributed by atoms with Gasteiger partial charge in [0.15, 0.2) is 0 Å². The molecule has 0 aliphatic heterocycles. The molecule has 15 heavy (non-hydrogen) atoms. The average Bonchev–Trinajstić information content (AvgIpc) is 2.31. The molecule has 2 nitrogen and oxygen atoms in total. The fourth-order valence-corrected chi connectivity index (χ4v) is 2.23. The molecule has 0 spiro atoms. The Morgan fingerprint density at radius 3 is 2.60 bits per heavy atom. The first-order chi connectivity index (χ1) is 7.40.